The van der Waals surface area contributed by atoms with E-state index in [1.807, 2.05) is 4.90 Å². The van der Waals surface area contributed by atoms with Crippen LogP contribution in [0.25, 0.3) is 0 Å². The SMILES string of the molecule is N#Cc1cccnc1N1CCN(CC(=O)N2CCCCC2)CC1. The minimum absolute atomic E-state index is 0.258. The van der Waals surface area contributed by atoms with Gasteiger partial charge < -0.3 is 9.80 Å². The van der Waals surface area contributed by atoms with Crippen LogP contribution in [0.1, 0.15) is 24.8 Å². The van der Waals surface area contributed by atoms with Crippen molar-refractivity contribution < 1.29 is 4.79 Å². The Morgan fingerprint density at radius 3 is 2.57 bits per heavy atom. The molecular formula is C17H23N5O. The van der Waals surface area contributed by atoms with Crippen LogP contribution in [0.2, 0.25) is 0 Å². The predicted octanol–water partition coefficient (Wildman–Crippen LogP) is 1.09. The maximum absolute atomic E-state index is 12.3. The highest BCUT2D eigenvalue weighted by Crippen LogP contribution is 2.18. The molecule has 3 rings (SSSR count). The molecule has 0 N–H and O–H groups in total. The van der Waals surface area contributed by atoms with Crippen molar-refractivity contribution in [2.45, 2.75) is 19.3 Å². The third-order valence-electron chi connectivity index (χ3n) is 4.65. The lowest BCUT2D eigenvalue weighted by Crippen LogP contribution is -2.51. The number of hydrogen-bond donors (Lipinski definition) is 0. The zero-order chi connectivity index (χ0) is 16.1. The Morgan fingerprint density at radius 1 is 1.13 bits per heavy atom. The second-order valence-corrected chi connectivity index (χ2v) is 6.19. The van der Waals surface area contributed by atoms with E-state index in [4.69, 9.17) is 0 Å². The Bertz CT molecular complexity index is 583. The Kier molecular flexibility index (Phi) is 5.09. The van der Waals surface area contributed by atoms with E-state index in [1.54, 1.807) is 18.3 Å². The largest absolute Gasteiger partial charge is 0.353 e. The number of rotatable bonds is 3. The first-order chi connectivity index (χ1) is 11.3. The summed E-state index contributed by atoms with van der Waals surface area (Å²) in [5, 5.41) is 9.19. The molecule has 0 radical (unpaired) electrons. The zero-order valence-corrected chi connectivity index (χ0v) is 13.4. The summed E-state index contributed by atoms with van der Waals surface area (Å²) in [5.74, 6) is 1.02. The normalized spacial score (nSPS) is 19.4. The number of hydrogen-bond acceptors (Lipinski definition) is 5. The summed E-state index contributed by atoms with van der Waals surface area (Å²) >= 11 is 0. The van der Waals surface area contributed by atoms with Crippen LogP contribution in [0.15, 0.2) is 18.3 Å². The minimum atomic E-state index is 0.258. The third-order valence-corrected chi connectivity index (χ3v) is 4.65. The van der Waals surface area contributed by atoms with Crippen LogP contribution in [0.5, 0.6) is 0 Å². The van der Waals surface area contributed by atoms with E-state index in [2.05, 4.69) is 20.9 Å². The van der Waals surface area contributed by atoms with E-state index >= 15 is 0 Å². The van der Waals surface area contributed by atoms with Gasteiger partial charge in [0.25, 0.3) is 0 Å². The Labute approximate surface area is 137 Å². The van der Waals surface area contributed by atoms with Crippen LogP contribution in [0, 0.1) is 11.3 Å². The Hall–Kier alpha value is -2.13. The van der Waals surface area contributed by atoms with Gasteiger partial charge in [0.2, 0.25) is 5.91 Å². The summed E-state index contributed by atoms with van der Waals surface area (Å²) in [6.07, 6.45) is 5.24. The molecule has 0 atom stereocenters. The van der Waals surface area contributed by atoms with Crippen LogP contribution < -0.4 is 4.90 Å². The number of amides is 1. The van der Waals surface area contributed by atoms with Crippen molar-refractivity contribution >= 4 is 11.7 Å². The van der Waals surface area contributed by atoms with Gasteiger partial charge in [0.05, 0.1) is 12.1 Å². The number of carbonyl (C=O) groups is 1. The summed E-state index contributed by atoms with van der Waals surface area (Å²) in [7, 11) is 0. The lowest BCUT2D eigenvalue weighted by molar-refractivity contribution is -0.133. The van der Waals surface area contributed by atoms with Gasteiger partial charge in [-0.25, -0.2) is 4.98 Å². The topological polar surface area (TPSA) is 63.5 Å². The van der Waals surface area contributed by atoms with Gasteiger partial charge in [0, 0.05) is 45.5 Å². The lowest BCUT2D eigenvalue weighted by Gasteiger charge is -2.36. The molecule has 2 aliphatic heterocycles. The number of nitrogens with zero attached hydrogens (tertiary/aromatic N) is 5. The van der Waals surface area contributed by atoms with Crippen molar-refractivity contribution in [2.24, 2.45) is 0 Å². The first-order valence-corrected chi connectivity index (χ1v) is 8.38. The number of carbonyl (C=O) groups excluding carboxylic acids is 1. The summed E-state index contributed by atoms with van der Waals surface area (Å²) in [6, 6.07) is 5.79. The molecule has 3 heterocycles. The Morgan fingerprint density at radius 2 is 1.87 bits per heavy atom. The summed E-state index contributed by atoms with van der Waals surface area (Å²) in [6.45, 7) is 5.62. The van der Waals surface area contributed by atoms with Gasteiger partial charge in [-0.2, -0.15) is 5.26 Å². The van der Waals surface area contributed by atoms with Gasteiger partial charge >= 0.3 is 0 Å². The molecule has 1 aromatic rings. The maximum atomic E-state index is 12.3. The smallest absolute Gasteiger partial charge is 0.236 e. The van der Waals surface area contributed by atoms with Gasteiger partial charge in [0.1, 0.15) is 11.9 Å². The van der Waals surface area contributed by atoms with E-state index in [-0.39, 0.29) is 5.91 Å². The highest BCUT2D eigenvalue weighted by molar-refractivity contribution is 5.78. The van der Waals surface area contributed by atoms with Crippen molar-refractivity contribution in [3.8, 4) is 6.07 Å². The standard InChI is InChI=1S/C17H23N5O/c18-13-15-5-4-6-19-17(15)22-11-9-20(10-12-22)14-16(23)21-7-2-1-3-8-21/h4-6H,1-3,7-12,14H2. The van der Waals surface area contributed by atoms with Crippen LogP contribution in [-0.2, 0) is 4.79 Å². The van der Waals surface area contributed by atoms with Gasteiger partial charge in [-0.1, -0.05) is 0 Å². The quantitative estimate of drug-likeness (QED) is 0.836. The lowest BCUT2D eigenvalue weighted by atomic mass is 10.1. The number of piperidine rings is 1. The van der Waals surface area contributed by atoms with Crippen molar-refractivity contribution in [1.82, 2.24) is 14.8 Å². The van der Waals surface area contributed by atoms with E-state index in [1.165, 1.54) is 6.42 Å². The van der Waals surface area contributed by atoms with Crippen LogP contribution in [0.3, 0.4) is 0 Å². The zero-order valence-electron chi connectivity index (χ0n) is 13.4. The van der Waals surface area contributed by atoms with Gasteiger partial charge in [0.15, 0.2) is 0 Å². The molecule has 1 aromatic heterocycles. The van der Waals surface area contributed by atoms with Crippen molar-refractivity contribution in [1.29, 1.82) is 5.26 Å². The second kappa shape index (κ2) is 7.42. The van der Waals surface area contributed by atoms with Crippen molar-refractivity contribution in [3.63, 3.8) is 0 Å². The van der Waals surface area contributed by atoms with Gasteiger partial charge in [-0.15, -0.1) is 0 Å². The molecule has 122 valence electrons. The molecule has 2 aliphatic rings. The molecule has 0 spiro atoms. The highest BCUT2D eigenvalue weighted by atomic mass is 16.2. The average Bonchev–Trinajstić information content (AvgIpc) is 2.63. The molecule has 0 bridgehead atoms. The highest BCUT2D eigenvalue weighted by Gasteiger charge is 2.24. The predicted molar refractivity (Wildman–Crippen MR) is 88.0 cm³/mol. The molecule has 2 saturated heterocycles. The third kappa shape index (κ3) is 3.80. The molecule has 23 heavy (non-hydrogen) atoms. The molecule has 2 fully saturated rings. The minimum Gasteiger partial charge on any atom is -0.353 e. The first-order valence-electron chi connectivity index (χ1n) is 8.38. The molecule has 0 aliphatic carbocycles. The first kappa shape index (κ1) is 15.8. The fourth-order valence-corrected chi connectivity index (χ4v) is 3.29. The summed E-state index contributed by atoms with van der Waals surface area (Å²) < 4.78 is 0. The molecule has 0 saturated carbocycles. The fourth-order valence-electron chi connectivity index (χ4n) is 3.29. The van der Waals surface area contributed by atoms with E-state index in [9.17, 15) is 10.1 Å². The van der Waals surface area contributed by atoms with Crippen LogP contribution >= 0.6 is 0 Å². The van der Waals surface area contributed by atoms with Crippen molar-refractivity contribution in [3.05, 3.63) is 23.9 Å². The van der Waals surface area contributed by atoms with Gasteiger partial charge in [-0.05, 0) is 31.4 Å². The summed E-state index contributed by atoms with van der Waals surface area (Å²) in [4.78, 5) is 23.0. The Balaban J connectivity index is 1.52. The average molecular weight is 313 g/mol. The number of anilines is 1. The maximum Gasteiger partial charge on any atom is 0.236 e. The van der Waals surface area contributed by atoms with Crippen molar-refractivity contribution in [2.75, 3.05) is 50.7 Å². The number of piperazine rings is 1. The molecule has 6 heteroatoms. The number of pyridine rings is 1. The monoisotopic (exact) mass is 313 g/mol. The number of nitriles is 1. The van der Waals surface area contributed by atoms with Crippen LogP contribution in [0.4, 0.5) is 5.82 Å². The summed E-state index contributed by atoms with van der Waals surface area (Å²) in [5.41, 5.74) is 0.616. The molecular weight excluding hydrogens is 290 g/mol. The van der Waals surface area contributed by atoms with Crippen LogP contribution in [-0.4, -0.2) is 66.5 Å². The van der Waals surface area contributed by atoms with Gasteiger partial charge in [-0.3, -0.25) is 9.69 Å². The second-order valence-electron chi connectivity index (χ2n) is 6.19. The van der Waals surface area contributed by atoms with E-state index in [0.29, 0.717) is 12.1 Å². The van der Waals surface area contributed by atoms with E-state index < -0.39 is 0 Å². The molecule has 0 aromatic carbocycles. The van der Waals surface area contributed by atoms with E-state index in [0.717, 1.165) is 57.9 Å². The number of likely N-dealkylation sites (tertiary alicyclic amines) is 1. The number of aromatic nitrogens is 1. The molecule has 1 amide bonds. The molecule has 6 nitrogen and oxygen atoms in total. The fraction of sp³-hybridized carbons (Fsp3) is 0.588. The molecule has 0 unspecified atom stereocenters.